The predicted molar refractivity (Wildman–Crippen MR) is 93.5 cm³/mol. The highest BCUT2D eigenvalue weighted by molar-refractivity contribution is 6.27. The van der Waals surface area contributed by atoms with E-state index in [2.05, 4.69) is 11.6 Å². The van der Waals surface area contributed by atoms with Gasteiger partial charge in [0.15, 0.2) is 5.78 Å². The van der Waals surface area contributed by atoms with Crippen LogP contribution < -0.4 is 11.1 Å². The van der Waals surface area contributed by atoms with Gasteiger partial charge in [-0.25, -0.2) is 0 Å². The van der Waals surface area contributed by atoms with E-state index in [1.165, 1.54) is 16.7 Å². The molecule has 2 aromatic heterocycles. The molecule has 3 rings (SSSR count). The summed E-state index contributed by atoms with van der Waals surface area (Å²) in [6.07, 6.45) is 3.04. The molecule has 128 valence electrons. The molecule has 0 amide bonds. The number of carbonyl (C=O) groups excluding carboxylic acids is 2. The van der Waals surface area contributed by atoms with Crippen molar-refractivity contribution in [3.63, 3.8) is 0 Å². The normalized spacial score (nSPS) is 12.7. The quantitative estimate of drug-likeness (QED) is 0.581. The van der Waals surface area contributed by atoms with Crippen LogP contribution in [0.5, 0.6) is 0 Å². The molecule has 0 radical (unpaired) electrons. The molecule has 1 N–H and O–H groups in total. The Hall–Kier alpha value is -3.02. The molecular formula is C19H18N2O4. The second kappa shape index (κ2) is 6.12. The molecule has 0 spiro atoms. The molecular weight excluding hydrogens is 320 g/mol. The van der Waals surface area contributed by atoms with Gasteiger partial charge in [0, 0.05) is 18.7 Å². The van der Waals surface area contributed by atoms with Gasteiger partial charge in [-0.05, 0) is 37.8 Å². The average molecular weight is 338 g/mol. The average Bonchev–Trinajstić information content (AvgIpc) is 2.53. The van der Waals surface area contributed by atoms with Crippen molar-refractivity contribution in [2.75, 3.05) is 0 Å². The summed E-state index contributed by atoms with van der Waals surface area (Å²) in [5.41, 5.74) is 0.607. The van der Waals surface area contributed by atoms with Crippen molar-refractivity contribution in [3.8, 4) is 0 Å². The SMILES string of the molecule is C=CCCCn1c2c(c(C)cc1=O)C(=O)c1c(C)cc(=O)[nH]c1C2=O. The van der Waals surface area contributed by atoms with Crippen molar-refractivity contribution in [2.45, 2.75) is 33.2 Å². The number of ketones is 2. The number of unbranched alkanes of at least 4 members (excludes halogenated alkanes) is 1. The van der Waals surface area contributed by atoms with Crippen LogP contribution in [0.1, 0.15) is 56.1 Å². The lowest BCUT2D eigenvalue weighted by Gasteiger charge is -2.23. The van der Waals surface area contributed by atoms with Crippen LogP contribution in [0.15, 0.2) is 34.4 Å². The van der Waals surface area contributed by atoms with Crippen LogP contribution in [0, 0.1) is 13.8 Å². The Morgan fingerprint density at radius 2 is 1.72 bits per heavy atom. The summed E-state index contributed by atoms with van der Waals surface area (Å²) in [4.78, 5) is 52.6. The fourth-order valence-electron chi connectivity index (χ4n) is 3.30. The van der Waals surface area contributed by atoms with Gasteiger partial charge in [-0.15, -0.1) is 6.58 Å². The van der Waals surface area contributed by atoms with Crippen molar-refractivity contribution in [2.24, 2.45) is 0 Å². The molecule has 0 unspecified atom stereocenters. The van der Waals surface area contributed by atoms with E-state index >= 15 is 0 Å². The fourth-order valence-corrected chi connectivity index (χ4v) is 3.30. The Morgan fingerprint density at radius 3 is 2.40 bits per heavy atom. The Labute approximate surface area is 143 Å². The first-order valence-electron chi connectivity index (χ1n) is 8.05. The number of fused-ring (bicyclic) bond motifs is 2. The number of H-pyrrole nitrogens is 1. The molecule has 2 heterocycles. The first-order chi connectivity index (χ1) is 11.9. The van der Waals surface area contributed by atoms with Crippen LogP contribution in [-0.2, 0) is 6.54 Å². The summed E-state index contributed by atoms with van der Waals surface area (Å²) in [5, 5.41) is 0. The number of hydrogen-bond donors (Lipinski definition) is 1. The number of rotatable bonds is 4. The molecule has 0 atom stereocenters. The molecule has 0 fully saturated rings. The van der Waals surface area contributed by atoms with Gasteiger partial charge in [0.2, 0.25) is 11.3 Å². The number of hydrogen-bond acceptors (Lipinski definition) is 4. The molecule has 0 bridgehead atoms. The summed E-state index contributed by atoms with van der Waals surface area (Å²) in [6.45, 7) is 7.22. The Balaban J connectivity index is 2.31. The van der Waals surface area contributed by atoms with Crippen molar-refractivity contribution in [3.05, 3.63) is 79.1 Å². The van der Waals surface area contributed by atoms with Gasteiger partial charge in [0.25, 0.3) is 5.56 Å². The summed E-state index contributed by atoms with van der Waals surface area (Å²) in [6, 6.07) is 2.67. The zero-order chi connectivity index (χ0) is 18.3. The minimum Gasteiger partial charge on any atom is -0.318 e. The van der Waals surface area contributed by atoms with Crippen LogP contribution in [0.3, 0.4) is 0 Å². The number of nitrogens with one attached hydrogen (secondary N) is 1. The number of pyridine rings is 2. The second-order valence-electron chi connectivity index (χ2n) is 6.20. The summed E-state index contributed by atoms with van der Waals surface area (Å²) in [7, 11) is 0. The molecule has 6 heteroatoms. The van der Waals surface area contributed by atoms with Gasteiger partial charge >= 0.3 is 0 Å². The second-order valence-corrected chi connectivity index (χ2v) is 6.20. The number of aryl methyl sites for hydroxylation is 2. The molecule has 0 saturated heterocycles. The number of aromatic nitrogens is 2. The third-order valence-electron chi connectivity index (χ3n) is 4.43. The monoisotopic (exact) mass is 338 g/mol. The van der Waals surface area contributed by atoms with E-state index in [0.29, 0.717) is 30.5 Å². The minimum atomic E-state index is -0.496. The van der Waals surface area contributed by atoms with Gasteiger partial charge < -0.3 is 9.55 Å². The molecule has 0 aromatic carbocycles. The zero-order valence-corrected chi connectivity index (χ0v) is 14.1. The Kier molecular flexibility index (Phi) is 4.12. The van der Waals surface area contributed by atoms with Crippen LogP contribution in [0.2, 0.25) is 0 Å². The van der Waals surface area contributed by atoms with Gasteiger partial charge in [0.1, 0.15) is 11.4 Å². The van der Waals surface area contributed by atoms with Crippen LogP contribution >= 0.6 is 0 Å². The number of carbonyl (C=O) groups is 2. The lowest BCUT2D eigenvalue weighted by Crippen LogP contribution is -2.35. The minimum absolute atomic E-state index is 0.0371. The van der Waals surface area contributed by atoms with E-state index in [-0.39, 0.29) is 33.9 Å². The first-order valence-corrected chi connectivity index (χ1v) is 8.05. The molecule has 6 nitrogen and oxygen atoms in total. The molecule has 1 aliphatic carbocycles. The van der Waals surface area contributed by atoms with Crippen molar-refractivity contribution >= 4 is 11.6 Å². The van der Waals surface area contributed by atoms with E-state index < -0.39 is 11.3 Å². The fraction of sp³-hybridized carbons (Fsp3) is 0.263. The molecule has 25 heavy (non-hydrogen) atoms. The van der Waals surface area contributed by atoms with E-state index in [1.54, 1.807) is 19.9 Å². The zero-order valence-electron chi connectivity index (χ0n) is 14.1. The van der Waals surface area contributed by atoms with Gasteiger partial charge in [-0.2, -0.15) is 0 Å². The van der Waals surface area contributed by atoms with Gasteiger partial charge in [0.05, 0.1) is 11.1 Å². The predicted octanol–water partition coefficient (Wildman–Crippen LogP) is 1.90. The maximum atomic E-state index is 13.0. The van der Waals surface area contributed by atoms with E-state index in [0.717, 1.165) is 0 Å². The third-order valence-corrected chi connectivity index (χ3v) is 4.43. The highest BCUT2D eigenvalue weighted by Crippen LogP contribution is 2.28. The van der Waals surface area contributed by atoms with E-state index in [9.17, 15) is 19.2 Å². The lowest BCUT2D eigenvalue weighted by molar-refractivity contribution is 0.0965. The summed E-state index contributed by atoms with van der Waals surface area (Å²) >= 11 is 0. The third kappa shape index (κ3) is 2.59. The molecule has 1 aliphatic rings. The maximum absolute atomic E-state index is 13.0. The largest absolute Gasteiger partial charge is 0.318 e. The van der Waals surface area contributed by atoms with Crippen molar-refractivity contribution in [1.29, 1.82) is 0 Å². The topological polar surface area (TPSA) is 89.0 Å². The highest BCUT2D eigenvalue weighted by atomic mass is 16.2. The van der Waals surface area contributed by atoms with Crippen molar-refractivity contribution < 1.29 is 9.59 Å². The van der Waals surface area contributed by atoms with Crippen molar-refractivity contribution in [1.82, 2.24) is 9.55 Å². The smallest absolute Gasteiger partial charge is 0.251 e. The van der Waals surface area contributed by atoms with Crippen LogP contribution in [0.4, 0.5) is 0 Å². The number of nitrogens with zero attached hydrogens (tertiary/aromatic N) is 1. The molecule has 2 aromatic rings. The molecule has 0 saturated carbocycles. The summed E-state index contributed by atoms with van der Waals surface area (Å²) < 4.78 is 1.33. The van der Waals surface area contributed by atoms with E-state index in [4.69, 9.17) is 0 Å². The maximum Gasteiger partial charge on any atom is 0.251 e. The number of aromatic amines is 1. The lowest BCUT2D eigenvalue weighted by atomic mass is 9.85. The highest BCUT2D eigenvalue weighted by Gasteiger charge is 2.35. The standard InChI is InChI=1S/C19H18N2O4/c1-4-5-6-7-21-13(23)9-11(3)15-17(21)19(25)16-14(18(15)24)10(2)8-12(22)20-16/h4,8-9H,1,5-7H2,2-3H3,(H,20,22). The van der Waals surface area contributed by atoms with Gasteiger partial charge in [-0.1, -0.05) is 6.08 Å². The molecule has 0 aliphatic heterocycles. The van der Waals surface area contributed by atoms with Crippen LogP contribution in [-0.4, -0.2) is 21.1 Å². The first kappa shape index (κ1) is 16.8. The van der Waals surface area contributed by atoms with Crippen LogP contribution in [0.25, 0.3) is 0 Å². The van der Waals surface area contributed by atoms with E-state index in [1.807, 2.05) is 0 Å². The van der Waals surface area contributed by atoms with Gasteiger partial charge in [-0.3, -0.25) is 19.2 Å². The number of allylic oxidation sites excluding steroid dienone is 1. The Morgan fingerprint density at radius 1 is 1.04 bits per heavy atom. The Bertz CT molecular complexity index is 1040. The summed E-state index contributed by atoms with van der Waals surface area (Å²) in [5.74, 6) is -0.835.